The molecule has 1 unspecified atom stereocenters. The molecule has 1 atom stereocenters. The molecule has 1 aliphatic heterocycles. The molecular formula is C17H24ClN3O3. The van der Waals surface area contributed by atoms with Crippen LogP contribution in [0.5, 0.6) is 0 Å². The molecule has 1 aliphatic rings. The topological polar surface area (TPSA) is 92.5 Å². The van der Waals surface area contributed by atoms with Crippen molar-refractivity contribution in [2.45, 2.75) is 33.2 Å². The van der Waals surface area contributed by atoms with Gasteiger partial charge < -0.3 is 11.1 Å². The number of imide groups is 1. The molecule has 0 saturated carbocycles. The van der Waals surface area contributed by atoms with Gasteiger partial charge in [0.25, 0.3) is 11.8 Å². The van der Waals surface area contributed by atoms with Gasteiger partial charge in [-0.1, -0.05) is 25.5 Å². The van der Waals surface area contributed by atoms with Crippen molar-refractivity contribution in [2.75, 3.05) is 13.1 Å². The second-order valence-corrected chi connectivity index (χ2v) is 6.38. The third-order valence-electron chi connectivity index (χ3n) is 3.83. The lowest BCUT2D eigenvalue weighted by Crippen LogP contribution is -2.46. The van der Waals surface area contributed by atoms with Crippen LogP contribution < -0.4 is 11.1 Å². The molecule has 0 fully saturated rings. The van der Waals surface area contributed by atoms with E-state index < -0.39 is 11.8 Å². The lowest BCUT2D eigenvalue weighted by Gasteiger charge is -2.20. The van der Waals surface area contributed by atoms with Gasteiger partial charge >= 0.3 is 0 Å². The molecule has 3 amide bonds. The van der Waals surface area contributed by atoms with Crippen molar-refractivity contribution in [3.8, 4) is 0 Å². The highest BCUT2D eigenvalue weighted by molar-refractivity contribution is 6.22. The van der Waals surface area contributed by atoms with Crippen molar-refractivity contribution in [3.63, 3.8) is 0 Å². The molecule has 0 saturated heterocycles. The Bertz CT molecular complexity index is 646. The van der Waals surface area contributed by atoms with Crippen LogP contribution in [0.2, 0.25) is 0 Å². The third kappa shape index (κ3) is 4.33. The number of benzene rings is 1. The van der Waals surface area contributed by atoms with E-state index in [1.54, 1.807) is 18.2 Å². The molecule has 3 N–H and O–H groups in total. The van der Waals surface area contributed by atoms with Crippen LogP contribution in [0.1, 0.15) is 46.5 Å². The summed E-state index contributed by atoms with van der Waals surface area (Å²) < 4.78 is 0. The lowest BCUT2D eigenvalue weighted by molar-refractivity contribution is -0.122. The van der Waals surface area contributed by atoms with E-state index >= 15 is 0 Å². The molecule has 7 heteroatoms. The van der Waals surface area contributed by atoms with Crippen molar-refractivity contribution in [3.05, 3.63) is 34.9 Å². The Morgan fingerprint density at radius 3 is 2.42 bits per heavy atom. The molecule has 6 nitrogen and oxygen atoms in total. The molecule has 0 radical (unpaired) electrons. The van der Waals surface area contributed by atoms with Crippen molar-refractivity contribution in [2.24, 2.45) is 11.7 Å². The molecule has 0 bridgehead atoms. The minimum absolute atomic E-state index is 0. The van der Waals surface area contributed by atoms with Crippen molar-refractivity contribution >= 4 is 30.1 Å². The average Bonchev–Trinajstić information content (AvgIpc) is 2.70. The highest BCUT2D eigenvalue weighted by atomic mass is 35.5. The van der Waals surface area contributed by atoms with Gasteiger partial charge in [0.05, 0.1) is 11.1 Å². The van der Waals surface area contributed by atoms with Crippen LogP contribution in [0.25, 0.3) is 0 Å². The fraction of sp³-hybridized carbons (Fsp3) is 0.471. The number of nitrogens with two attached hydrogens (primary N) is 1. The first-order chi connectivity index (χ1) is 10.8. The van der Waals surface area contributed by atoms with Gasteiger partial charge in [0, 0.05) is 12.6 Å². The Balaban J connectivity index is 0.00000288. The number of fused-ring (bicyclic) bond motifs is 1. The summed E-state index contributed by atoms with van der Waals surface area (Å²) in [6.07, 6.45) is 0.754. The number of carbonyl (C=O) groups excluding carboxylic acids is 3. The number of amides is 3. The van der Waals surface area contributed by atoms with Crippen LogP contribution in [0.3, 0.4) is 0 Å². The van der Waals surface area contributed by atoms with Gasteiger partial charge in [0.15, 0.2) is 0 Å². The van der Waals surface area contributed by atoms with E-state index in [0.29, 0.717) is 23.6 Å². The van der Waals surface area contributed by atoms with Crippen LogP contribution in [0.15, 0.2) is 18.2 Å². The SMILES string of the molecule is Cc1ccc2c(c1)C(=O)N(CC(=O)NC(CN)CC(C)C)C2=O.Cl. The predicted molar refractivity (Wildman–Crippen MR) is 94.2 cm³/mol. The van der Waals surface area contributed by atoms with Crippen molar-refractivity contribution in [1.82, 2.24) is 10.2 Å². The Kier molecular flexibility index (Phi) is 6.93. The number of hydrogen-bond acceptors (Lipinski definition) is 4. The zero-order valence-electron chi connectivity index (χ0n) is 14.2. The van der Waals surface area contributed by atoms with E-state index in [4.69, 9.17) is 5.73 Å². The quantitative estimate of drug-likeness (QED) is 0.758. The Morgan fingerprint density at radius 1 is 1.21 bits per heavy atom. The van der Waals surface area contributed by atoms with Gasteiger partial charge in [-0.2, -0.15) is 0 Å². The van der Waals surface area contributed by atoms with E-state index in [1.165, 1.54) is 0 Å². The van der Waals surface area contributed by atoms with E-state index in [9.17, 15) is 14.4 Å². The van der Waals surface area contributed by atoms with E-state index in [0.717, 1.165) is 16.9 Å². The van der Waals surface area contributed by atoms with Crippen molar-refractivity contribution in [1.29, 1.82) is 0 Å². The molecule has 1 aromatic rings. The first-order valence-corrected chi connectivity index (χ1v) is 7.79. The van der Waals surface area contributed by atoms with Crippen LogP contribution >= 0.6 is 12.4 Å². The average molecular weight is 354 g/mol. The minimum atomic E-state index is -0.423. The van der Waals surface area contributed by atoms with Gasteiger partial charge in [0.1, 0.15) is 6.54 Å². The van der Waals surface area contributed by atoms with Crippen LogP contribution in [0.4, 0.5) is 0 Å². The van der Waals surface area contributed by atoms with Gasteiger partial charge in [-0.15, -0.1) is 12.4 Å². The Labute approximate surface area is 148 Å². The second kappa shape index (κ2) is 8.26. The zero-order chi connectivity index (χ0) is 17.1. The molecule has 1 heterocycles. The monoisotopic (exact) mass is 353 g/mol. The molecule has 0 aromatic heterocycles. The summed E-state index contributed by atoms with van der Waals surface area (Å²) in [5.74, 6) is -0.816. The number of halogens is 1. The van der Waals surface area contributed by atoms with Crippen LogP contribution in [0, 0.1) is 12.8 Å². The highest BCUT2D eigenvalue weighted by Crippen LogP contribution is 2.23. The number of aryl methyl sites for hydroxylation is 1. The van der Waals surface area contributed by atoms with E-state index in [2.05, 4.69) is 5.32 Å². The molecule has 1 aromatic carbocycles. The summed E-state index contributed by atoms with van der Waals surface area (Å²) in [6.45, 7) is 5.99. The number of hydrogen-bond donors (Lipinski definition) is 2. The van der Waals surface area contributed by atoms with Crippen molar-refractivity contribution < 1.29 is 14.4 Å². The van der Waals surface area contributed by atoms with E-state index in [1.807, 2.05) is 20.8 Å². The number of nitrogens with zero attached hydrogens (tertiary/aromatic N) is 1. The van der Waals surface area contributed by atoms with Gasteiger partial charge in [-0.3, -0.25) is 19.3 Å². The summed E-state index contributed by atoms with van der Waals surface area (Å²) in [7, 11) is 0. The fourth-order valence-corrected chi connectivity index (χ4v) is 2.75. The molecule has 0 spiro atoms. The van der Waals surface area contributed by atoms with Crippen LogP contribution in [-0.2, 0) is 4.79 Å². The summed E-state index contributed by atoms with van der Waals surface area (Å²) >= 11 is 0. The second-order valence-electron chi connectivity index (χ2n) is 6.38. The summed E-state index contributed by atoms with van der Waals surface area (Å²) in [5, 5.41) is 2.79. The number of carbonyl (C=O) groups is 3. The zero-order valence-corrected chi connectivity index (χ0v) is 15.0. The Morgan fingerprint density at radius 2 is 1.83 bits per heavy atom. The van der Waals surface area contributed by atoms with Crippen LogP contribution in [-0.4, -0.2) is 41.8 Å². The largest absolute Gasteiger partial charge is 0.351 e. The molecule has 132 valence electrons. The first kappa shape index (κ1) is 20.1. The number of rotatable bonds is 6. The summed E-state index contributed by atoms with van der Waals surface area (Å²) in [4.78, 5) is 37.8. The minimum Gasteiger partial charge on any atom is -0.351 e. The highest BCUT2D eigenvalue weighted by Gasteiger charge is 2.36. The molecular weight excluding hydrogens is 330 g/mol. The van der Waals surface area contributed by atoms with Gasteiger partial charge in [-0.05, 0) is 31.4 Å². The van der Waals surface area contributed by atoms with E-state index in [-0.39, 0.29) is 30.9 Å². The maximum absolute atomic E-state index is 12.3. The third-order valence-corrected chi connectivity index (χ3v) is 3.83. The lowest BCUT2D eigenvalue weighted by atomic mass is 10.0. The molecule has 2 rings (SSSR count). The molecule has 24 heavy (non-hydrogen) atoms. The normalized spacial score (nSPS) is 14.5. The summed E-state index contributed by atoms with van der Waals surface area (Å²) in [5.41, 5.74) is 7.27. The standard InChI is InChI=1S/C17H23N3O3.ClH/c1-10(2)6-12(8-18)19-15(21)9-20-16(22)13-5-4-11(3)7-14(13)17(20)23;/h4-5,7,10,12H,6,8-9,18H2,1-3H3,(H,19,21);1H. The first-order valence-electron chi connectivity index (χ1n) is 7.79. The van der Waals surface area contributed by atoms with Gasteiger partial charge in [0.2, 0.25) is 5.91 Å². The molecule has 0 aliphatic carbocycles. The summed E-state index contributed by atoms with van der Waals surface area (Å²) in [6, 6.07) is 4.93. The maximum Gasteiger partial charge on any atom is 0.262 e. The smallest absolute Gasteiger partial charge is 0.262 e. The Hall–Kier alpha value is -1.92. The maximum atomic E-state index is 12.3. The predicted octanol–water partition coefficient (Wildman–Crippen LogP) is 1.50. The van der Waals surface area contributed by atoms with Gasteiger partial charge in [-0.25, -0.2) is 0 Å². The fourth-order valence-electron chi connectivity index (χ4n) is 2.75. The number of nitrogens with one attached hydrogen (secondary N) is 1.